The Labute approximate surface area is 124 Å². The van der Waals surface area contributed by atoms with E-state index in [0.717, 1.165) is 3.57 Å². The first-order valence-corrected chi connectivity index (χ1v) is 6.36. The van der Waals surface area contributed by atoms with Crippen molar-refractivity contribution >= 4 is 34.3 Å². The zero-order chi connectivity index (χ0) is 14.4. The summed E-state index contributed by atoms with van der Waals surface area (Å²) in [6.07, 6.45) is 0. The summed E-state index contributed by atoms with van der Waals surface area (Å²) in [5, 5.41) is 8.73. The molecule has 1 aromatic rings. The van der Waals surface area contributed by atoms with Crippen LogP contribution in [0.5, 0.6) is 0 Å². The van der Waals surface area contributed by atoms with Gasteiger partial charge in [-0.15, -0.1) is 0 Å². The van der Waals surface area contributed by atoms with Gasteiger partial charge in [-0.3, -0.25) is 4.79 Å². The van der Waals surface area contributed by atoms with Crippen molar-refractivity contribution in [2.45, 2.75) is 6.92 Å². The highest BCUT2D eigenvalue weighted by molar-refractivity contribution is 14.1. The third kappa shape index (κ3) is 4.37. The zero-order valence-electron chi connectivity index (χ0n) is 10.1. The maximum atomic E-state index is 11.6. The Kier molecular flexibility index (Phi) is 5.51. The number of hydrogen-bond donors (Lipinski definition) is 1. The highest BCUT2D eigenvalue weighted by atomic mass is 127. The summed E-state index contributed by atoms with van der Waals surface area (Å²) in [6, 6.07) is 8.39. The van der Waals surface area contributed by atoms with Gasteiger partial charge >= 0.3 is 5.97 Å². The molecule has 1 rings (SSSR count). The molecule has 5 nitrogen and oxygen atoms in total. The van der Waals surface area contributed by atoms with Gasteiger partial charge in [0.2, 0.25) is 5.78 Å². The number of nitrogens with two attached hydrogens (primary N) is 1. The van der Waals surface area contributed by atoms with Gasteiger partial charge in [0.15, 0.2) is 6.61 Å². The summed E-state index contributed by atoms with van der Waals surface area (Å²) < 4.78 is 5.82. The van der Waals surface area contributed by atoms with Crippen molar-refractivity contribution in [2.24, 2.45) is 5.73 Å². The quantitative estimate of drug-likeness (QED) is 0.377. The number of rotatable bonds is 4. The van der Waals surface area contributed by atoms with Crippen LogP contribution < -0.4 is 5.73 Å². The van der Waals surface area contributed by atoms with Crippen LogP contribution in [0.15, 0.2) is 35.5 Å². The van der Waals surface area contributed by atoms with Crippen LogP contribution in [0.3, 0.4) is 0 Å². The van der Waals surface area contributed by atoms with Crippen molar-refractivity contribution in [1.82, 2.24) is 0 Å². The third-order valence-electron chi connectivity index (χ3n) is 2.20. The fraction of sp³-hybridized carbons (Fsp3) is 0.154. The number of nitriles is 1. The monoisotopic (exact) mass is 370 g/mol. The molecule has 0 fully saturated rings. The topological polar surface area (TPSA) is 93.2 Å². The van der Waals surface area contributed by atoms with E-state index in [0.29, 0.717) is 5.56 Å². The minimum atomic E-state index is -0.614. The maximum absolute atomic E-state index is 11.6. The molecule has 0 saturated carbocycles. The van der Waals surface area contributed by atoms with E-state index in [1.54, 1.807) is 30.3 Å². The first-order valence-electron chi connectivity index (χ1n) is 5.28. The van der Waals surface area contributed by atoms with E-state index in [2.05, 4.69) is 22.6 Å². The van der Waals surface area contributed by atoms with Crippen LogP contribution in [0.1, 0.15) is 17.3 Å². The smallest absolute Gasteiger partial charge is 0.338 e. The van der Waals surface area contributed by atoms with E-state index < -0.39 is 18.4 Å². The molecule has 0 aliphatic rings. The Morgan fingerprint density at radius 1 is 1.37 bits per heavy atom. The number of carbonyl (C=O) groups is 2. The number of Topliss-reactive ketones (excluding diaryl/α,β-unsaturated/α-hetero) is 1. The van der Waals surface area contributed by atoms with Crippen LogP contribution in [0, 0.1) is 14.9 Å². The molecule has 0 spiro atoms. The minimum Gasteiger partial charge on any atom is -0.454 e. The molecule has 0 heterocycles. The highest BCUT2D eigenvalue weighted by Crippen LogP contribution is 2.08. The second kappa shape index (κ2) is 6.89. The van der Waals surface area contributed by atoms with Gasteiger partial charge in [0.25, 0.3) is 0 Å². The van der Waals surface area contributed by atoms with Crippen molar-refractivity contribution in [2.75, 3.05) is 6.61 Å². The van der Waals surface area contributed by atoms with Gasteiger partial charge in [0.05, 0.1) is 5.56 Å². The lowest BCUT2D eigenvalue weighted by Gasteiger charge is -2.04. The summed E-state index contributed by atoms with van der Waals surface area (Å²) in [5.41, 5.74) is 5.65. The molecular formula is C13H11IN2O3. The Bertz CT molecular complexity index is 567. The first kappa shape index (κ1) is 15.2. The molecule has 0 bridgehead atoms. The third-order valence-corrected chi connectivity index (χ3v) is 2.92. The van der Waals surface area contributed by atoms with Gasteiger partial charge in [-0.1, -0.05) is 0 Å². The molecule has 6 heteroatoms. The second-order valence-corrected chi connectivity index (χ2v) is 4.92. The molecular weight excluding hydrogens is 359 g/mol. The number of carbonyl (C=O) groups excluding carboxylic acids is 2. The molecule has 0 amide bonds. The first-order chi connectivity index (χ1) is 8.95. The molecule has 0 atom stereocenters. The SMILES string of the molecule is C/C(N)=C(\C#N)C(=O)COC(=O)c1ccc(I)cc1. The molecule has 0 aromatic heterocycles. The predicted octanol–water partition coefficient (Wildman–Crippen LogP) is 1.77. The summed E-state index contributed by atoms with van der Waals surface area (Å²) in [5.74, 6) is -1.22. The fourth-order valence-corrected chi connectivity index (χ4v) is 1.60. The van der Waals surface area contributed by atoms with Crippen molar-refractivity contribution in [1.29, 1.82) is 5.26 Å². The van der Waals surface area contributed by atoms with E-state index in [-0.39, 0.29) is 11.3 Å². The molecule has 0 saturated heterocycles. The number of nitrogens with zero attached hydrogens (tertiary/aromatic N) is 1. The average molecular weight is 370 g/mol. The van der Waals surface area contributed by atoms with Crippen LogP contribution in [-0.4, -0.2) is 18.4 Å². The molecule has 0 unspecified atom stereocenters. The molecule has 2 N–H and O–H groups in total. The van der Waals surface area contributed by atoms with Gasteiger partial charge in [0.1, 0.15) is 11.6 Å². The Balaban J connectivity index is 2.66. The molecule has 19 heavy (non-hydrogen) atoms. The number of ether oxygens (including phenoxy) is 1. The molecule has 0 radical (unpaired) electrons. The molecule has 1 aromatic carbocycles. The number of benzene rings is 1. The van der Waals surface area contributed by atoms with Gasteiger partial charge in [-0.05, 0) is 53.8 Å². The molecule has 0 aliphatic heterocycles. The van der Waals surface area contributed by atoms with Crippen molar-refractivity contribution in [3.05, 3.63) is 44.7 Å². The lowest BCUT2D eigenvalue weighted by atomic mass is 10.1. The van der Waals surface area contributed by atoms with Gasteiger partial charge in [-0.25, -0.2) is 4.79 Å². The molecule has 0 aliphatic carbocycles. The van der Waals surface area contributed by atoms with Crippen molar-refractivity contribution < 1.29 is 14.3 Å². The van der Waals surface area contributed by atoms with E-state index in [9.17, 15) is 9.59 Å². The second-order valence-electron chi connectivity index (χ2n) is 3.68. The van der Waals surface area contributed by atoms with Crippen LogP contribution in [0.25, 0.3) is 0 Å². The fourth-order valence-electron chi connectivity index (χ4n) is 1.24. The number of halogens is 1. The van der Waals surface area contributed by atoms with Gasteiger partial charge in [0, 0.05) is 9.27 Å². The lowest BCUT2D eigenvalue weighted by Crippen LogP contribution is -2.17. The number of hydrogen-bond acceptors (Lipinski definition) is 5. The van der Waals surface area contributed by atoms with Crippen LogP contribution in [0.4, 0.5) is 0 Å². The largest absolute Gasteiger partial charge is 0.454 e. The van der Waals surface area contributed by atoms with Crippen LogP contribution in [0.2, 0.25) is 0 Å². The van der Waals surface area contributed by atoms with Gasteiger partial charge < -0.3 is 10.5 Å². The predicted molar refractivity (Wildman–Crippen MR) is 76.9 cm³/mol. The Morgan fingerprint density at radius 3 is 2.42 bits per heavy atom. The van der Waals surface area contributed by atoms with Crippen LogP contribution in [-0.2, 0) is 9.53 Å². The Morgan fingerprint density at radius 2 is 1.95 bits per heavy atom. The Hall–Kier alpha value is -1.88. The van der Waals surface area contributed by atoms with Gasteiger partial charge in [-0.2, -0.15) is 5.26 Å². The number of allylic oxidation sites excluding steroid dienone is 1. The number of ketones is 1. The average Bonchev–Trinajstić information content (AvgIpc) is 2.37. The maximum Gasteiger partial charge on any atom is 0.338 e. The molecule has 98 valence electrons. The minimum absolute atomic E-state index is 0.109. The van der Waals surface area contributed by atoms with E-state index in [1.807, 2.05) is 0 Å². The van der Waals surface area contributed by atoms with Crippen LogP contribution >= 0.6 is 22.6 Å². The summed E-state index contributed by atoms with van der Waals surface area (Å²) >= 11 is 2.11. The van der Waals surface area contributed by atoms with Crippen molar-refractivity contribution in [3.63, 3.8) is 0 Å². The lowest BCUT2D eigenvalue weighted by molar-refractivity contribution is -0.118. The standard InChI is InChI=1S/C13H11IN2O3/c1-8(16)11(6-15)12(17)7-19-13(18)9-2-4-10(14)5-3-9/h2-5H,7,16H2,1H3/b11-8-. The zero-order valence-corrected chi connectivity index (χ0v) is 12.3. The van der Waals surface area contributed by atoms with E-state index in [4.69, 9.17) is 15.7 Å². The van der Waals surface area contributed by atoms with Crippen molar-refractivity contribution in [3.8, 4) is 6.07 Å². The van der Waals surface area contributed by atoms with E-state index >= 15 is 0 Å². The summed E-state index contributed by atoms with van der Waals surface area (Å²) in [7, 11) is 0. The number of esters is 1. The summed E-state index contributed by atoms with van der Waals surface area (Å²) in [4.78, 5) is 23.2. The van der Waals surface area contributed by atoms with E-state index in [1.165, 1.54) is 6.92 Å². The normalized spacial score (nSPS) is 11.2. The summed E-state index contributed by atoms with van der Waals surface area (Å²) in [6.45, 7) is 0.944. The highest BCUT2D eigenvalue weighted by Gasteiger charge is 2.15.